The van der Waals surface area contributed by atoms with Crippen LogP contribution in [0.25, 0.3) is 0 Å². The average molecular weight is 346 g/mol. The maximum atomic E-state index is 11.9. The Morgan fingerprint density at radius 3 is 2.63 bits per heavy atom. The van der Waals surface area contributed by atoms with E-state index < -0.39 is 16.0 Å². The van der Waals surface area contributed by atoms with E-state index in [-0.39, 0.29) is 16.3 Å². The van der Waals surface area contributed by atoms with E-state index in [1.807, 2.05) is 0 Å². The molecule has 0 aliphatic heterocycles. The normalized spacial score (nSPS) is 11.2. The monoisotopic (exact) mass is 345 g/mol. The Bertz CT molecular complexity index is 712. The van der Waals surface area contributed by atoms with Crippen molar-refractivity contribution in [2.75, 3.05) is 4.72 Å². The van der Waals surface area contributed by atoms with Gasteiger partial charge in [0.25, 0.3) is 10.0 Å². The third-order valence-corrected chi connectivity index (χ3v) is 4.18. The summed E-state index contributed by atoms with van der Waals surface area (Å²) in [7, 11) is -3.77. The Hall–Kier alpha value is -1.87. The number of aromatic nitrogens is 2. The zero-order chi connectivity index (χ0) is 14.0. The van der Waals surface area contributed by atoms with Gasteiger partial charge in [0.05, 0.1) is 17.4 Å². The van der Waals surface area contributed by atoms with Gasteiger partial charge < -0.3 is 5.11 Å². The van der Waals surface area contributed by atoms with Crippen LogP contribution in [0.5, 0.6) is 0 Å². The lowest BCUT2D eigenvalue weighted by Gasteiger charge is -2.08. The number of carboxylic acid groups (broad SMARTS) is 1. The molecule has 0 fully saturated rings. The Balaban J connectivity index is 2.32. The summed E-state index contributed by atoms with van der Waals surface area (Å²) in [5, 5.41) is 14.6. The number of anilines is 1. The molecule has 0 radical (unpaired) electrons. The molecule has 2 rings (SSSR count). The molecule has 0 amide bonds. The fourth-order valence-corrected chi connectivity index (χ4v) is 2.92. The minimum absolute atomic E-state index is 0.0522. The third-order valence-electron chi connectivity index (χ3n) is 2.23. The van der Waals surface area contributed by atoms with Crippen molar-refractivity contribution in [1.82, 2.24) is 10.2 Å². The van der Waals surface area contributed by atoms with Gasteiger partial charge in [0.1, 0.15) is 0 Å². The van der Waals surface area contributed by atoms with Gasteiger partial charge in [0.2, 0.25) is 0 Å². The van der Waals surface area contributed by atoms with Crippen molar-refractivity contribution in [2.24, 2.45) is 0 Å². The standard InChI is InChI=1S/C10H8BrN3O4S/c11-7-5-6(10(15)16)1-2-8(7)14-19(17,18)9-3-4-12-13-9/h1-5,14H,(H,12,13)(H,15,16). The quantitative estimate of drug-likeness (QED) is 0.780. The highest BCUT2D eigenvalue weighted by Gasteiger charge is 2.17. The minimum Gasteiger partial charge on any atom is -0.478 e. The maximum Gasteiger partial charge on any atom is 0.335 e. The lowest BCUT2D eigenvalue weighted by Crippen LogP contribution is -2.14. The number of nitrogens with one attached hydrogen (secondary N) is 2. The van der Waals surface area contributed by atoms with Crippen molar-refractivity contribution in [3.8, 4) is 0 Å². The number of H-pyrrole nitrogens is 1. The van der Waals surface area contributed by atoms with Crippen LogP contribution in [0.15, 0.2) is 40.0 Å². The van der Waals surface area contributed by atoms with E-state index >= 15 is 0 Å². The molecule has 0 bridgehead atoms. The van der Waals surface area contributed by atoms with E-state index in [1.54, 1.807) is 0 Å². The Morgan fingerprint density at radius 2 is 2.11 bits per heavy atom. The van der Waals surface area contributed by atoms with Gasteiger partial charge in [-0.25, -0.2) is 4.79 Å². The molecule has 100 valence electrons. The van der Waals surface area contributed by atoms with E-state index in [9.17, 15) is 13.2 Å². The van der Waals surface area contributed by atoms with Gasteiger partial charge >= 0.3 is 5.97 Å². The molecular formula is C10H8BrN3O4S. The van der Waals surface area contributed by atoms with Crippen molar-refractivity contribution in [2.45, 2.75) is 5.03 Å². The Morgan fingerprint density at radius 1 is 1.37 bits per heavy atom. The molecular weight excluding hydrogens is 338 g/mol. The zero-order valence-electron chi connectivity index (χ0n) is 9.29. The van der Waals surface area contributed by atoms with E-state index in [2.05, 4.69) is 30.8 Å². The maximum absolute atomic E-state index is 11.9. The summed E-state index contributed by atoms with van der Waals surface area (Å²) < 4.78 is 26.5. The Kier molecular flexibility index (Phi) is 3.58. The number of benzene rings is 1. The number of sulfonamides is 1. The van der Waals surface area contributed by atoms with Crippen LogP contribution in [0, 0.1) is 0 Å². The van der Waals surface area contributed by atoms with Gasteiger partial charge in [-0.3, -0.25) is 9.82 Å². The molecule has 1 aromatic heterocycles. The van der Waals surface area contributed by atoms with E-state index in [4.69, 9.17) is 5.11 Å². The SMILES string of the molecule is O=C(O)c1ccc(NS(=O)(=O)c2ccn[nH]2)c(Br)c1. The number of carbonyl (C=O) groups is 1. The predicted molar refractivity (Wildman–Crippen MR) is 70.5 cm³/mol. The van der Waals surface area contributed by atoms with Gasteiger partial charge in [0.15, 0.2) is 5.03 Å². The molecule has 1 aromatic carbocycles. The van der Waals surface area contributed by atoms with E-state index in [1.165, 1.54) is 30.5 Å². The van der Waals surface area contributed by atoms with Crippen molar-refractivity contribution >= 4 is 37.6 Å². The van der Waals surface area contributed by atoms with Crippen LogP contribution in [0.2, 0.25) is 0 Å². The molecule has 0 saturated heterocycles. The van der Waals surface area contributed by atoms with Crippen LogP contribution in [-0.2, 0) is 10.0 Å². The van der Waals surface area contributed by atoms with Gasteiger partial charge in [-0.2, -0.15) is 13.5 Å². The third kappa shape index (κ3) is 2.93. The molecule has 19 heavy (non-hydrogen) atoms. The highest BCUT2D eigenvalue weighted by molar-refractivity contribution is 9.10. The fourth-order valence-electron chi connectivity index (χ4n) is 1.32. The zero-order valence-corrected chi connectivity index (χ0v) is 11.7. The van der Waals surface area contributed by atoms with Crippen molar-refractivity contribution < 1.29 is 18.3 Å². The number of hydrogen-bond acceptors (Lipinski definition) is 4. The molecule has 9 heteroatoms. The highest BCUT2D eigenvalue weighted by atomic mass is 79.9. The summed E-state index contributed by atoms with van der Waals surface area (Å²) in [4.78, 5) is 10.8. The van der Waals surface area contributed by atoms with Gasteiger partial charge in [-0.1, -0.05) is 0 Å². The first-order valence-corrected chi connectivity index (χ1v) is 7.23. The summed E-state index contributed by atoms with van der Waals surface area (Å²) in [5.41, 5.74) is 0.288. The predicted octanol–water partition coefficient (Wildman–Crippen LogP) is 1.67. The second-order valence-electron chi connectivity index (χ2n) is 3.53. The number of nitrogens with zero attached hydrogens (tertiary/aromatic N) is 1. The molecule has 0 unspecified atom stereocenters. The summed E-state index contributed by atoms with van der Waals surface area (Å²) in [6, 6.07) is 5.29. The van der Waals surface area contributed by atoms with E-state index in [0.717, 1.165) is 0 Å². The number of aromatic carboxylic acids is 1. The van der Waals surface area contributed by atoms with Crippen LogP contribution < -0.4 is 4.72 Å². The molecule has 1 heterocycles. The smallest absolute Gasteiger partial charge is 0.335 e. The summed E-state index contributed by atoms with van der Waals surface area (Å²) >= 11 is 3.12. The molecule has 0 aliphatic carbocycles. The second-order valence-corrected chi connectivity index (χ2v) is 6.03. The summed E-state index contributed by atoms with van der Waals surface area (Å²) in [5.74, 6) is -1.09. The first kappa shape index (κ1) is 13.6. The minimum atomic E-state index is -3.77. The van der Waals surface area contributed by atoms with Crippen LogP contribution in [0.3, 0.4) is 0 Å². The number of aromatic amines is 1. The molecule has 2 aromatic rings. The first-order valence-electron chi connectivity index (χ1n) is 4.95. The van der Waals surface area contributed by atoms with Crippen molar-refractivity contribution in [3.63, 3.8) is 0 Å². The molecule has 0 spiro atoms. The van der Waals surface area contributed by atoms with Crippen molar-refractivity contribution in [3.05, 3.63) is 40.5 Å². The lowest BCUT2D eigenvalue weighted by molar-refractivity contribution is 0.0697. The van der Waals surface area contributed by atoms with E-state index in [0.29, 0.717) is 4.47 Å². The topological polar surface area (TPSA) is 112 Å². The molecule has 0 saturated carbocycles. The van der Waals surface area contributed by atoms with Crippen LogP contribution >= 0.6 is 15.9 Å². The highest BCUT2D eigenvalue weighted by Crippen LogP contribution is 2.25. The van der Waals surface area contributed by atoms with Crippen LogP contribution in [0.1, 0.15) is 10.4 Å². The number of hydrogen-bond donors (Lipinski definition) is 3. The number of carboxylic acids is 1. The summed E-state index contributed by atoms with van der Waals surface area (Å²) in [6.07, 6.45) is 1.32. The lowest BCUT2D eigenvalue weighted by atomic mass is 10.2. The first-order chi connectivity index (χ1) is 8.90. The fraction of sp³-hybridized carbons (Fsp3) is 0. The van der Waals surface area contributed by atoms with Crippen molar-refractivity contribution in [1.29, 1.82) is 0 Å². The van der Waals surface area contributed by atoms with Crippen LogP contribution in [-0.4, -0.2) is 29.7 Å². The molecule has 3 N–H and O–H groups in total. The average Bonchev–Trinajstić information content (AvgIpc) is 2.85. The number of rotatable bonds is 4. The van der Waals surface area contributed by atoms with Crippen LogP contribution in [0.4, 0.5) is 5.69 Å². The Labute approximate surface area is 116 Å². The largest absolute Gasteiger partial charge is 0.478 e. The van der Waals surface area contributed by atoms with Gasteiger partial charge in [0, 0.05) is 4.47 Å². The van der Waals surface area contributed by atoms with Gasteiger partial charge in [-0.15, -0.1) is 0 Å². The molecule has 0 aliphatic rings. The molecule has 7 nitrogen and oxygen atoms in total. The second kappa shape index (κ2) is 5.02. The molecule has 0 atom stereocenters. The van der Waals surface area contributed by atoms with Gasteiger partial charge in [-0.05, 0) is 40.2 Å². The summed E-state index contributed by atoms with van der Waals surface area (Å²) in [6.45, 7) is 0. The number of halogens is 1.